The summed E-state index contributed by atoms with van der Waals surface area (Å²) in [5, 5.41) is 4.09. The fourth-order valence-electron chi connectivity index (χ4n) is 3.37. The first-order valence-corrected chi connectivity index (χ1v) is 10.7. The zero-order valence-electron chi connectivity index (χ0n) is 18.7. The van der Waals surface area contributed by atoms with E-state index in [0.717, 1.165) is 23.2 Å². The summed E-state index contributed by atoms with van der Waals surface area (Å²) in [4.78, 5) is 16.1. The summed E-state index contributed by atoms with van der Waals surface area (Å²) in [6, 6.07) is 9.75. The summed E-state index contributed by atoms with van der Waals surface area (Å²) in [5.74, 6) is -1.00. The van der Waals surface area contributed by atoms with E-state index in [2.05, 4.69) is 5.10 Å². The number of amides is 1. The minimum absolute atomic E-state index is 0.0223. The lowest BCUT2D eigenvalue weighted by molar-refractivity contribution is -0.143. The van der Waals surface area contributed by atoms with Crippen molar-refractivity contribution in [2.75, 3.05) is 27.2 Å². The summed E-state index contributed by atoms with van der Waals surface area (Å²) in [6.07, 6.45) is -8.73. The number of carbonyl (C=O) groups excluding carboxylic acids is 1. The van der Waals surface area contributed by atoms with Gasteiger partial charge in [0, 0.05) is 24.7 Å². The van der Waals surface area contributed by atoms with Crippen molar-refractivity contribution in [1.82, 2.24) is 19.6 Å². The predicted octanol–water partition coefficient (Wildman–Crippen LogP) is 5.77. The SMILES string of the molecule is CN(C)CCN(Cc1cccc(C(F)(F)F)c1)C(=O)c1cnn(-c2ccc(Cl)cc2)c1C(F)(F)F. The molecule has 35 heavy (non-hydrogen) atoms. The molecule has 0 radical (unpaired) electrons. The second-order valence-electron chi connectivity index (χ2n) is 8.02. The summed E-state index contributed by atoms with van der Waals surface area (Å²) in [7, 11) is 3.40. The Hall–Kier alpha value is -3.05. The van der Waals surface area contributed by atoms with Crippen LogP contribution in [0.25, 0.3) is 5.69 Å². The lowest BCUT2D eigenvalue weighted by Gasteiger charge is -2.25. The first kappa shape index (κ1) is 26.6. The molecule has 1 aromatic heterocycles. The van der Waals surface area contributed by atoms with Crippen molar-refractivity contribution in [2.24, 2.45) is 0 Å². The van der Waals surface area contributed by atoms with Crippen LogP contribution in [0, 0.1) is 0 Å². The minimum Gasteiger partial charge on any atom is -0.333 e. The lowest BCUT2D eigenvalue weighted by Crippen LogP contribution is -2.37. The number of carbonyl (C=O) groups is 1. The molecule has 0 aliphatic carbocycles. The van der Waals surface area contributed by atoms with Gasteiger partial charge in [0.05, 0.1) is 23.0 Å². The van der Waals surface area contributed by atoms with Crippen LogP contribution in [0.4, 0.5) is 26.3 Å². The van der Waals surface area contributed by atoms with Crippen LogP contribution in [0.5, 0.6) is 0 Å². The second-order valence-corrected chi connectivity index (χ2v) is 8.46. The van der Waals surface area contributed by atoms with Gasteiger partial charge in [0.25, 0.3) is 5.91 Å². The summed E-state index contributed by atoms with van der Waals surface area (Å²) >= 11 is 5.82. The van der Waals surface area contributed by atoms with E-state index in [4.69, 9.17) is 11.6 Å². The number of rotatable bonds is 7. The van der Waals surface area contributed by atoms with Crippen LogP contribution in [0.1, 0.15) is 27.2 Å². The van der Waals surface area contributed by atoms with Gasteiger partial charge < -0.3 is 9.80 Å². The number of halogens is 7. The standard InChI is InChI=1S/C23H21ClF6N4O/c1-32(2)10-11-33(14-15-4-3-5-16(12-15)22(25,26)27)21(35)19-13-31-34(20(19)23(28,29)30)18-8-6-17(24)7-9-18/h3-9,12-13H,10-11,14H2,1-2H3. The molecule has 2 aromatic carbocycles. The number of hydrogen-bond donors (Lipinski definition) is 0. The van der Waals surface area contributed by atoms with E-state index in [0.29, 0.717) is 9.70 Å². The fraction of sp³-hybridized carbons (Fsp3) is 0.304. The van der Waals surface area contributed by atoms with Crippen LogP contribution < -0.4 is 0 Å². The molecular weight excluding hydrogens is 498 g/mol. The van der Waals surface area contributed by atoms with Crippen molar-refractivity contribution in [3.8, 4) is 5.69 Å². The maximum atomic E-state index is 14.1. The van der Waals surface area contributed by atoms with Crippen LogP contribution in [0.3, 0.4) is 0 Å². The molecule has 3 rings (SSSR count). The summed E-state index contributed by atoms with van der Waals surface area (Å²) < 4.78 is 82.2. The van der Waals surface area contributed by atoms with E-state index in [9.17, 15) is 31.1 Å². The van der Waals surface area contributed by atoms with Crippen LogP contribution in [-0.4, -0.2) is 52.7 Å². The maximum Gasteiger partial charge on any atom is 0.434 e. The Balaban J connectivity index is 2.02. The van der Waals surface area contributed by atoms with Crippen LogP contribution in [0.15, 0.2) is 54.7 Å². The van der Waals surface area contributed by atoms with E-state index < -0.39 is 35.1 Å². The average Bonchev–Trinajstić information content (AvgIpc) is 3.22. The van der Waals surface area contributed by atoms with Gasteiger partial charge in [0.1, 0.15) is 0 Å². The van der Waals surface area contributed by atoms with E-state index in [1.165, 1.54) is 36.4 Å². The number of benzene rings is 2. The minimum atomic E-state index is -4.94. The van der Waals surface area contributed by atoms with Gasteiger partial charge in [0.15, 0.2) is 5.69 Å². The zero-order valence-corrected chi connectivity index (χ0v) is 19.4. The molecule has 0 unspecified atom stereocenters. The van der Waals surface area contributed by atoms with Gasteiger partial charge in [-0.2, -0.15) is 31.4 Å². The molecule has 0 atom stereocenters. The predicted molar refractivity (Wildman–Crippen MR) is 118 cm³/mol. The molecule has 0 saturated heterocycles. The van der Waals surface area contributed by atoms with Crippen molar-refractivity contribution in [1.29, 1.82) is 0 Å². The van der Waals surface area contributed by atoms with Crippen molar-refractivity contribution < 1.29 is 31.1 Å². The molecule has 1 heterocycles. The largest absolute Gasteiger partial charge is 0.434 e. The molecule has 0 bridgehead atoms. The number of aromatic nitrogens is 2. The average molecular weight is 519 g/mol. The van der Waals surface area contributed by atoms with Crippen LogP contribution in [-0.2, 0) is 18.9 Å². The molecule has 0 N–H and O–H groups in total. The highest BCUT2D eigenvalue weighted by Gasteiger charge is 2.41. The fourth-order valence-corrected chi connectivity index (χ4v) is 3.49. The Labute approximate surface area is 202 Å². The Bertz CT molecular complexity index is 1170. The molecule has 188 valence electrons. The Morgan fingerprint density at radius 1 is 0.971 bits per heavy atom. The Kier molecular flexibility index (Phi) is 7.80. The topological polar surface area (TPSA) is 41.4 Å². The first-order valence-electron chi connectivity index (χ1n) is 10.3. The number of nitrogens with zero attached hydrogens (tertiary/aromatic N) is 4. The number of likely N-dealkylation sites (N-methyl/N-ethyl adjacent to an activating group) is 1. The van der Waals surface area contributed by atoms with Gasteiger partial charge in [-0.1, -0.05) is 23.7 Å². The van der Waals surface area contributed by atoms with Crippen molar-refractivity contribution >= 4 is 17.5 Å². The number of hydrogen-bond acceptors (Lipinski definition) is 3. The van der Waals surface area contributed by atoms with Gasteiger partial charge >= 0.3 is 12.4 Å². The smallest absolute Gasteiger partial charge is 0.333 e. The highest BCUT2D eigenvalue weighted by atomic mass is 35.5. The molecule has 0 fully saturated rings. The van der Waals surface area contributed by atoms with Gasteiger partial charge in [-0.15, -0.1) is 0 Å². The van der Waals surface area contributed by atoms with Gasteiger partial charge in [-0.3, -0.25) is 4.79 Å². The van der Waals surface area contributed by atoms with E-state index in [1.54, 1.807) is 19.0 Å². The van der Waals surface area contributed by atoms with Gasteiger partial charge in [-0.25, -0.2) is 4.68 Å². The third-order valence-corrected chi connectivity index (χ3v) is 5.32. The molecular formula is C23H21ClF6N4O. The normalized spacial score (nSPS) is 12.3. The van der Waals surface area contributed by atoms with Crippen molar-refractivity contribution in [3.63, 3.8) is 0 Å². The number of alkyl halides is 6. The Morgan fingerprint density at radius 3 is 2.20 bits per heavy atom. The molecule has 12 heteroatoms. The molecule has 3 aromatic rings. The van der Waals surface area contributed by atoms with E-state index in [-0.39, 0.29) is 30.9 Å². The van der Waals surface area contributed by atoms with Crippen LogP contribution in [0.2, 0.25) is 5.02 Å². The highest BCUT2D eigenvalue weighted by molar-refractivity contribution is 6.30. The van der Waals surface area contributed by atoms with Crippen LogP contribution >= 0.6 is 11.6 Å². The third kappa shape index (κ3) is 6.55. The van der Waals surface area contributed by atoms with Gasteiger partial charge in [-0.05, 0) is 56.1 Å². The Morgan fingerprint density at radius 2 is 1.63 bits per heavy atom. The van der Waals surface area contributed by atoms with E-state index >= 15 is 0 Å². The van der Waals surface area contributed by atoms with E-state index in [1.807, 2.05) is 0 Å². The highest BCUT2D eigenvalue weighted by Crippen LogP contribution is 2.35. The second kappa shape index (κ2) is 10.3. The third-order valence-electron chi connectivity index (χ3n) is 5.07. The molecule has 5 nitrogen and oxygen atoms in total. The molecule has 0 aliphatic rings. The summed E-state index contributed by atoms with van der Waals surface area (Å²) in [6.45, 7) is -0.0666. The zero-order chi connectivity index (χ0) is 26.0. The molecule has 1 amide bonds. The van der Waals surface area contributed by atoms with Crippen molar-refractivity contribution in [3.05, 3.63) is 82.1 Å². The first-order chi connectivity index (χ1) is 16.3. The monoisotopic (exact) mass is 518 g/mol. The lowest BCUT2D eigenvalue weighted by atomic mass is 10.1. The van der Waals surface area contributed by atoms with Gasteiger partial charge in [0.2, 0.25) is 0 Å². The maximum absolute atomic E-state index is 14.1. The summed E-state index contributed by atoms with van der Waals surface area (Å²) in [5.41, 5.74) is -2.74. The molecule has 0 saturated carbocycles. The molecule has 0 aliphatic heterocycles. The van der Waals surface area contributed by atoms with Crippen molar-refractivity contribution in [2.45, 2.75) is 18.9 Å². The quantitative estimate of drug-likeness (QED) is 0.373. The molecule has 0 spiro atoms.